The zero-order valence-corrected chi connectivity index (χ0v) is 16.9. The molecule has 0 unspecified atom stereocenters. The molecule has 1 amide bonds. The summed E-state index contributed by atoms with van der Waals surface area (Å²) >= 11 is 0. The van der Waals surface area contributed by atoms with Crippen LogP contribution in [-0.2, 0) is 4.79 Å². The molecule has 31 heavy (non-hydrogen) atoms. The maximum absolute atomic E-state index is 12.4. The third kappa shape index (κ3) is 3.66. The molecule has 2 atom stereocenters. The lowest BCUT2D eigenvalue weighted by molar-refractivity contribution is -0.116. The molecule has 3 N–H and O–H groups in total. The number of benzene rings is 1. The predicted molar refractivity (Wildman–Crippen MR) is 114 cm³/mol. The molecule has 10 nitrogen and oxygen atoms in total. The Morgan fingerprint density at radius 2 is 2.19 bits per heavy atom. The van der Waals surface area contributed by atoms with Gasteiger partial charge in [-0.3, -0.25) is 4.79 Å². The number of fused-ring (bicyclic) bond motifs is 2. The van der Waals surface area contributed by atoms with Gasteiger partial charge in [0.25, 0.3) is 0 Å². The molecule has 0 bridgehead atoms. The number of para-hydroxylation sites is 1. The number of carbonyl (C=O) groups is 1. The van der Waals surface area contributed by atoms with E-state index in [1.54, 1.807) is 17.8 Å². The van der Waals surface area contributed by atoms with Gasteiger partial charge in [-0.05, 0) is 24.5 Å². The van der Waals surface area contributed by atoms with E-state index in [4.69, 9.17) is 14.7 Å². The minimum absolute atomic E-state index is 0.0116. The summed E-state index contributed by atoms with van der Waals surface area (Å²) in [5.74, 6) is 2.55. The Bertz CT molecular complexity index is 1200. The predicted octanol–water partition coefficient (Wildman–Crippen LogP) is 2.77. The van der Waals surface area contributed by atoms with E-state index < -0.39 is 0 Å². The summed E-state index contributed by atoms with van der Waals surface area (Å²) in [6.07, 6.45) is 2.67. The highest BCUT2D eigenvalue weighted by Crippen LogP contribution is 2.41. The zero-order valence-electron chi connectivity index (χ0n) is 16.9. The third-order valence-electron chi connectivity index (χ3n) is 5.37. The summed E-state index contributed by atoms with van der Waals surface area (Å²) in [5.41, 5.74) is 1.74. The van der Waals surface area contributed by atoms with Gasteiger partial charge in [-0.25, -0.2) is 4.98 Å². The number of amides is 1. The first-order valence-electron chi connectivity index (χ1n) is 10.1. The van der Waals surface area contributed by atoms with Crippen molar-refractivity contribution in [2.24, 2.45) is 11.8 Å². The van der Waals surface area contributed by atoms with Crippen molar-refractivity contribution in [3.8, 4) is 17.6 Å². The van der Waals surface area contributed by atoms with Crippen LogP contribution in [0.3, 0.4) is 0 Å². The van der Waals surface area contributed by atoms with Gasteiger partial charge < -0.3 is 25.4 Å². The van der Waals surface area contributed by atoms with Crippen molar-refractivity contribution in [1.82, 2.24) is 14.6 Å². The van der Waals surface area contributed by atoms with Gasteiger partial charge in [0, 0.05) is 19.5 Å². The first-order chi connectivity index (χ1) is 15.2. The Balaban J connectivity index is 1.43. The SMILES string of the molecule is CNc1cc(Nc2cccc3c2OCCO3)nc2c(NC(=O)C[C@@H]3C[C@@H]3C#N)cnn12. The number of aromatic nitrogens is 3. The van der Waals surface area contributed by atoms with Crippen molar-refractivity contribution in [2.75, 3.05) is 36.2 Å². The van der Waals surface area contributed by atoms with Crippen LogP contribution in [0.15, 0.2) is 30.5 Å². The molecule has 2 aliphatic rings. The highest BCUT2D eigenvalue weighted by molar-refractivity contribution is 5.95. The number of hydrogen-bond acceptors (Lipinski definition) is 8. The molecule has 3 heterocycles. The summed E-state index contributed by atoms with van der Waals surface area (Å²) in [7, 11) is 1.79. The van der Waals surface area contributed by atoms with E-state index in [2.05, 4.69) is 32.1 Å². The number of rotatable bonds is 6. The molecule has 1 saturated carbocycles. The average Bonchev–Trinajstić information content (AvgIpc) is 3.42. The molecule has 158 valence electrons. The number of hydrogen-bond donors (Lipinski definition) is 3. The molecule has 1 aliphatic carbocycles. The van der Waals surface area contributed by atoms with E-state index in [0.29, 0.717) is 54.1 Å². The molecule has 1 aromatic carbocycles. The summed E-state index contributed by atoms with van der Waals surface area (Å²) in [5, 5.41) is 22.5. The minimum atomic E-state index is -0.147. The Hall–Kier alpha value is -4.00. The second-order valence-electron chi connectivity index (χ2n) is 7.51. The van der Waals surface area contributed by atoms with Crippen LogP contribution in [-0.4, -0.2) is 40.8 Å². The van der Waals surface area contributed by atoms with Crippen LogP contribution >= 0.6 is 0 Å². The van der Waals surface area contributed by atoms with Gasteiger partial charge >= 0.3 is 0 Å². The van der Waals surface area contributed by atoms with Gasteiger partial charge in [0.1, 0.15) is 30.5 Å². The number of nitriles is 1. The molecule has 3 aromatic rings. The number of nitrogens with zero attached hydrogens (tertiary/aromatic N) is 4. The molecule has 5 rings (SSSR count). The fraction of sp³-hybridized carbons (Fsp3) is 0.333. The van der Waals surface area contributed by atoms with Gasteiger partial charge in [-0.15, -0.1) is 0 Å². The molecule has 1 fully saturated rings. The molecular formula is C21H21N7O3. The minimum Gasteiger partial charge on any atom is -0.486 e. The lowest BCUT2D eigenvalue weighted by Crippen LogP contribution is -2.16. The van der Waals surface area contributed by atoms with Crippen LogP contribution in [0.4, 0.5) is 23.0 Å². The summed E-state index contributed by atoms with van der Waals surface area (Å²) in [4.78, 5) is 17.1. The molecule has 2 aromatic heterocycles. The lowest BCUT2D eigenvalue weighted by Gasteiger charge is -2.21. The lowest BCUT2D eigenvalue weighted by atomic mass is 10.2. The van der Waals surface area contributed by atoms with Crippen molar-refractivity contribution in [3.63, 3.8) is 0 Å². The van der Waals surface area contributed by atoms with Gasteiger partial charge in [-0.1, -0.05) is 6.07 Å². The molecule has 1 aliphatic heterocycles. The normalized spacial score (nSPS) is 18.8. The zero-order chi connectivity index (χ0) is 21.4. The van der Waals surface area contributed by atoms with Crippen molar-refractivity contribution in [3.05, 3.63) is 30.5 Å². The molecule has 10 heteroatoms. The quantitative estimate of drug-likeness (QED) is 0.557. The summed E-state index contributed by atoms with van der Waals surface area (Å²) in [6, 6.07) is 9.65. The van der Waals surface area contributed by atoms with Crippen molar-refractivity contribution in [1.29, 1.82) is 5.26 Å². The van der Waals surface area contributed by atoms with E-state index in [9.17, 15) is 4.79 Å². The van der Waals surface area contributed by atoms with E-state index in [1.807, 2.05) is 24.3 Å². The van der Waals surface area contributed by atoms with Crippen LogP contribution in [0.25, 0.3) is 5.65 Å². The fourth-order valence-electron chi connectivity index (χ4n) is 3.67. The molecular weight excluding hydrogens is 398 g/mol. The monoisotopic (exact) mass is 419 g/mol. The Morgan fingerprint density at radius 1 is 1.32 bits per heavy atom. The van der Waals surface area contributed by atoms with Gasteiger partial charge in [0.2, 0.25) is 5.91 Å². The number of anilines is 4. The number of carbonyl (C=O) groups excluding carboxylic acids is 1. The smallest absolute Gasteiger partial charge is 0.224 e. The highest BCUT2D eigenvalue weighted by Gasteiger charge is 2.38. The summed E-state index contributed by atoms with van der Waals surface area (Å²) in [6.45, 7) is 0.992. The highest BCUT2D eigenvalue weighted by atomic mass is 16.6. The summed E-state index contributed by atoms with van der Waals surface area (Å²) < 4.78 is 13.0. The first kappa shape index (κ1) is 19.0. The van der Waals surface area contributed by atoms with Crippen LogP contribution in [0, 0.1) is 23.2 Å². The topological polar surface area (TPSA) is 126 Å². The third-order valence-corrected chi connectivity index (χ3v) is 5.37. The standard InChI is InChI=1S/C21H21N7O3/c1-23-18-9-17(25-14-3-2-4-16-20(14)31-6-5-30-16)27-21-15(11-24-28(18)21)26-19(29)8-12-7-13(12)10-22/h2-4,9,11-13,23H,5-8H2,1H3,(H,25,27)(H,26,29)/t12-,13+/m0/s1. The van der Waals surface area contributed by atoms with Crippen LogP contribution < -0.4 is 25.4 Å². The Morgan fingerprint density at radius 3 is 3.00 bits per heavy atom. The first-order valence-corrected chi connectivity index (χ1v) is 10.1. The molecule has 0 radical (unpaired) electrons. The second-order valence-corrected chi connectivity index (χ2v) is 7.51. The van der Waals surface area contributed by atoms with Crippen LogP contribution in [0.2, 0.25) is 0 Å². The van der Waals surface area contributed by atoms with Crippen molar-refractivity contribution < 1.29 is 14.3 Å². The van der Waals surface area contributed by atoms with Crippen molar-refractivity contribution >= 4 is 34.6 Å². The van der Waals surface area contributed by atoms with Gasteiger partial charge in [-0.2, -0.15) is 14.9 Å². The Kier molecular flexibility index (Phi) is 4.71. The van der Waals surface area contributed by atoms with Crippen LogP contribution in [0.1, 0.15) is 12.8 Å². The maximum atomic E-state index is 12.4. The molecule has 0 spiro atoms. The van der Waals surface area contributed by atoms with E-state index >= 15 is 0 Å². The fourth-order valence-corrected chi connectivity index (χ4v) is 3.67. The van der Waals surface area contributed by atoms with E-state index in [0.717, 1.165) is 12.1 Å². The van der Waals surface area contributed by atoms with E-state index in [1.165, 1.54) is 0 Å². The van der Waals surface area contributed by atoms with Gasteiger partial charge in [0.05, 0.1) is 23.9 Å². The molecule has 0 saturated heterocycles. The van der Waals surface area contributed by atoms with Crippen molar-refractivity contribution in [2.45, 2.75) is 12.8 Å². The largest absolute Gasteiger partial charge is 0.486 e. The average molecular weight is 419 g/mol. The number of nitrogens with one attached hydrogen (secondary N) is 3. The number of ether oxygens (including phenoxy) is 2. The maximum Gasteiger partial charge on any atom is 0.224 e. The van der Waals surface area contributed by atoms with Gasteiger partial charge in [0.15, 0.2) is 17.1 Å². The Labute approximate surface area is 178 Å². The van der Waals surface area contributed by atoms with Crippen LogP contribution in [0.5, 0.6) is 11.5 Å². The van der Waals surface area contributed by atoms with E-state index in [-0.39, 0.29) is 17.7 Å². The second kappa shape index (κ2) is 7.68.